The molecule has 0 radical (unpaired) electrons. The van der Waals surface area contributed by atoms with Crippen molar-refractivity contribution in [3.05, 3.63) is 81.1 Å². The maximum atomic E-state index is 14.2. The van der Waals surface area contributed by atoms with Gasteiger partial charge in [-0.2, -0.15) is 13.2 Å². The number of oxime groups is 1. The van der Waals surface area contributed by atoms with E-state index in [0.717, 1.165) is 12.1 Å². The molecular formula is C21H12Cl2F4N2O2. The third kappa shape index (κ3) is 3.40. The molecule has 160 valence electrons. The zero-order chi connectivity index (χ0) is 22.6. The number of hydrogen-bond acceptors (Lipinski definition) is 3. The second-order valence-corrected chi connectivity index (χ2v) is 7.77. The summed E-state index contributed by atoms with van der Waals surface area (Å²) < 4.78 is 56.4. The van der Waals surface area contributed by atoms with E-state index >= 15 is 0 Å². The lowest BCUT2D eigenvalue weighted by Gasteiger charge is -2.29. The topological polar surface area (TPSA) is 64.7 Å². The van der Waals surface area contributed by atoms with Gasteiger partial charge in [0.1, 0.15) is 0 Å². The fourth-order valence-electron chi connectivity index (χ4n) is 3.60. The van der Waals surface area contributed by atoms with Crippen molar-refractivity contribution in [2.45, 2.75) is 18.2 Å². The van der Waals surface area contributed by atoms with Crippen molar-refractivity contribution in [1.29, 1.82) is 0 Å². The second kappa shape index (κ2) is 7.39. The van der Waals surface area contributed by atoms with Crippen molar-refractivity contribution < 1.29 is 27.2 Å². The van der Waals surface area contributed by atoms with Gasteiger partial charge in [-0.1, -0.05) is 58.7 Å². The number of carbonyl (C=O) groups excluding carboxylic acids is 1. The van der Waals surface area contributed by atoms with E-state index in [0.29, 0.717) is 16.3 Å². The van der Waals surface area contributed by atoms with Crippen molar-refractivity contribution in [2.24, 2.45) is 10.9 Å². The minimum Gasteiger partial charge on any atom is -0.374 e. The molecule has 0 saturated carbocycles. The molecule has 4 nitrogen and oxygen atoms in total. The Morgan fingerprint density at radius 3 is 2.26 bits per heavy atom. The van der Waals surface area contributed by atoms with E-state index in [-0.39, 0.29) is 11.3 Å². The van der Waals surface area contributed by atoms with Crippen LogP contribution in [0.2, 0.25) is 10.0 Å². The molecule has 3 aromatic carbocycles. The Kier molecular flexibility index (Phi) is 5.10. The molecule has 0 spiro atoms. The summed E-state index contributed by atoms with van der Waals surface area (Å²) in [6, 6.07) is 11.1. The fraction of sp³-hybridized carbons (Fsp3) is 0.143. The summed E-state index contributed by atoms with van der Waals surface area (Å²) in [6.45, 7) is 0. The predicted molar refractivity (Wildman–Crippen MR) is 109 cm³/mol. The lowest BCUT2D eigenvalue weighted by atomic mass is 9.85. The Morgan fingerprint density at radius 1 is 1.06 bits per heavy atom. The van der Waals surface area contributed by atoms with Crippen LogP contribution in [-0.2, 0) is 10.4 Å². The first-order valence-electron chi connectivity index (χ1n) is 8.84. The summed E-state index contributed by atoms with van der Waals surface area (Å²) in [4.78, 5) is 16.7. The highest BCUT2D eigenvalue weighted by atomic mass is 35.5. The van der Waals surface area contributed by atoms with E-state index in [1.54, 1.807) is 24.3 Å². The second-order valence-electron chi connectivity index (χ2n) is 6.96. The lowest BCUT2D eigenvalue weighted by Crippen LogP contribution is -2.42. The first-order chi connectivity index (χ1) is 14.5. The number of alkyl halides is 3. The van der Waals surface area contributed by atoms with Crippen LogP contribution in [0.3, 0.4) is 0 Å². The third-order valence-electron chi connectivity index (χ3n) is 5.14. The molecule has 0 fully saturated rings. The number of halogens is 6. The van der Waals surface area contributed by atoms with Crippen molar-refractivity contribution in [1.82, 2.24) is 0 Å². The lowest BCUT2D eigenvalue weighted by molar-refractivity contribution is -0.275. The molecule has 3 aromatic rings. The number of hydrogen-bond donors (Lipinski definition) is 1. The van der Waals surface area contributed by atoms with Crippen molar-refractivity contribution in [3.63, 3.8) is 0 Å². The molecule has 2 N–H and O–H groups in total. The van der Waals surface area contributed by atoms with Gasteiger partial charge in [-0.15, -0.1) is 0 Å². The monoisotopic (exact) mass is 470 g/mol. The van der Waals surface area contributed by atoms with Crippen LogP contribution in [0.4, 0.5) is 17.6 Å². The quantitative estimate of drug-likeness (QED) is 0.378. The van der Waals surface area contributed by atoms with Gasteiger partial charge < -0.3 is 10.6 Å². The molecule has 0 bridgehead atoms. The van der Waals surface area contributed by atoms with E-state index in [4.69, 9.17) is 33.8 Å². The number of nitrogens with zero attached hydrogens (tertiary/aromatic N) is 1. The summed E-state index contributed by atoms with van der Waals surface area (Å²) in [5.74, 6) is -1.70. The predicted octanol–water partition coefficient (Wildman–Crippen LogP) is 5.97. The molecule has 0 aliphatic carbocycles. The summed E-state index contributed by atoms with van der Waals surface area (Å²) in [6.07, 6.45) is -5.64. The molecule has 1 atom stereocenters. The number of carbonyl (C=O) groups is 1. The van der Waals surface area contributed by atoms with E-state index in [2.05, 4.69) is 5.16 Å². The van der Waals surface area contributed by atoms with E-state index in [1.807, 2.05) is 0 Å². The average Bonchev–Trinajstić information content (AvgIpc) is 3.17. The number of fused-ring (bicyclic) bond motifs is 1. The largest absolute Gasteiger partial charge is 0.435 e. The minimum absolute atomic E-state index is 0.0129. The zero-order valence-electron chi connectivity index (χ0n) is 15.4. The average molecular weight is 471 g/mol. The van der Waals surface area contributed by atoms with Crippen LogP contribution in [0.1, 0.15) is 27.9 Å². The van der Waals surface area contributed by atoms with Gasteiger partial charge in [-0.3, -0.25) is 4.79 Å². The number of benzene rings is 3. The summed E-state index contributed by atoms with van der Waals surface area (Å²) in [7, 11) is 0. The number of amides is 1. The first kappa shape index (κ1) is 21.4. The maximum Gasteiger partial charge on any atom is 0.435 e. The molecular weight excluding hydrogens is 459 g/mol. The van der Waals surface area contributed by atoms with Crippen LogP contribution < -0.4 is 5.73 Å². The van der Waals surface area contributed by atoms with Gasteiger partial charge in [-0.25, -0.2) is 4.39 Å². The molecule has 0 aromatic heterocycles. The van der Waals surface area contributed by atoms with Crippen LogP contribution >= 0.6 is 23.2 Å². The molecule has 1 amide bonds. The number of primary amides is 1. The summed E-state index contributed by atoms with van der Waals surface area (Å²) in [5, 5.41) is 3.52. The van der Waals surface area contributed by atoms with Crippen LogP contribution in [0.25, 0.3) is 10.8 Å². The Labute approximate surface area is 183 Å². The van der Waals surface area contributed by atoms with Crippen molar-refractivity contribution in [3.8, 4) is 0 Å². The Hall–Kier alpha value is -2.84. The van der Waals surface area contributed by atoms with Gasteiger partial charge in [0, 0.05) is 23.1 Å². The SMILES string of the molecule is NC(=O)c1ccc(C2=NOC(c3cc(Cl)c(F)c(Cl)c3)(C(F)(F)F)C2)c2ccccc12. The third-order valence-corrected chi connectivity index (χ3v) is 5.69. The van der Waals surface area contributed by atoms with E-state index in [1.165, 1.54) is 12.1 Å². The molecule has 0 saturated heterocycles. The highest BCUT2D eigenvalue weighted by Gasteiger charge is 2.62. The summed E-state index contributed by atoms with van der Waals surface area (Å²) in [5.41, 5.74) is 2.56. The van der Waals surface area contributed by atoms with Gasteiger partial charge >= 0.3 is 6.18 Å². The van der Waals surface area contributed by atoms with Gasteiger partial charge in [0.25, 0.3) is 5.60 Å². The highest BCUT2D eigenvalue weighted by Crippen LogP contribution is 2.50. The molecule has 31 heavy (non-hydrogen) atoms. The van der Waals surface area contributed by atoms with Crippen molar-refractivity contribution >= 4 is 45.6 Å². The van der Waals surface area contributed by atoms with Crippen LogP contribution in [0.5, 0.6) is 0 Å². The van der Waals surface area contributed by atoms with Gasteiger partial charge in [0.05, 0.1) is 15.8 Å². The van der Waals surface area contributed by atoms with Crippen LogP contribution in [0.15, 0.2) is 53.7 Å². The standard InChI is InChI=1S/C21H12Cl2F4N2O2/c22-15-7-10(8-16(23)18(15)24)20(21(25,26)27)9-17(29-31-20)13-5-6-14(19(28)30)12-4-2-1-3-11(12)13/h1-8H,9H2,(H2,28,30). The molecule has 1 aliphatic heterocycles. The van der Waals surface area contributed by atoms with Crippen molar-refractivity contribution in [2.75, 3.05) is 0 Å². The van der Waals surface area contributed by atoms with Gasteiger partial charge in [0.15, 0.2) is 5.82 Å². The highest BCUT2D eigenvalue weighted by molar-refractivity contribution is 6.35. The smallest absolute Gasteiger partial charge is 0.374 e. The zero-order valence-corrected chi connectivity index (χ0v) is 16.9. The molecule has 1 heterocycles. The molecule has 1 aliphatic rings. The van der Waals surface area contributed by atoms with Crippen LogP contribution in [0, 0.1) is 5.82 Å². The van der Waals surface area contributed by atoms with E-state index < -0.39 is 45.5 Å². The molecule has 4 rings (SSSR count). The first-order valence-corrected chi connectivity index (χ1v) is 9.59. The molecule has 1 unspecified atom stereocenters. The Morgan fingerprint density at radius 2 is 1.68 bits per heavy atom. The van der Waals surface area contributed by atoms with Gasteiger partial charge in [0.2, 0.25) is 5.91 Å². The normalized spacial score (nSPS) is 18.7. The molecule has 10 heteroatoms. The Balaban J connectivity index is 1.85. The van der Waals surface area contributed by atoms with Crippen LogP contribution in [-0.4, -0.2) is 17.8 Å². The fourth-order valence-corrected chi connectivity index (χ4v) is 4.09. The van der Waals surface area contributed by atoms with E-state index in [9.17, 15) is 22.4 Å². The van der Waals surface area contributed by atoms with Gasteiger partial charge in [-0.05, 0) is 29.0 Å². The minimum atomic E-state index is -4.92. The number of rotatable bonds is 3. The maximum absolute atomic E-state index is 14.2. The summed E-state index contributed by atoms with van der Waals surface area (Å²) >= 11 is 11.4. The number of nitrogens with two attached hydrogens (primary N) is 1. The Bertz CT molecular complexity index is 1240.